The predicted octanol–water partition coefficient (Wildman–Crippen LogP) is 2.19. The minimum absolute atomic E-state index is 0.00926. The molecule has 1 aliphatic rings. The number of benzene rings is 1. The van der Waals surface area contributed by atoms with E-state index in [1.807, 2.05) is 30.3 Å². The molecule has 1 saturated heterocycles. The third kappa shape index (κ3) is 5.48. The molecule has 1 aliphatic heterocycles. The Bertz CT molecular complexity index is 387. The van der Waals surface area contributed by atoms with E-state index in [-0.39, 0.29) is 5.91 Å². The molecule has 0 radical (unpaired) electrons. The van der Waals surface area contributed by atoms with Gasteiger partial charge in [0.2, 0.25) is 5.91 Å². The molecule has 0 spiro atoms. The van der Waals surface area contributed by atoms with Crippen molar-refractivity contribution < 1.29 is 30.5 Å². The van der Waals surface area contributed by atoms with Crippen molar-refractivity contribution in [3.8, 4) is 0 Å². The van der Waals surface area contributed by atoms with E-state index in [1.165, 1.54) is 6.42 Å². The van der Waals surface area contributed by atoms with E-state index in [1.54, 1.807) is 11.8 Å². The van der Waals surface area contributed by atoms with Crippen LogP contribution in [0.1, 0.15) is 23.2 Å². The van der Waals surface area contributed by atoms with Crippen LogP contribution >= 0.6 is 11.8 Å². The Morgan fingerprint density at radius 2 is 1.94 bits per heavy atom. The third-order valence-electron chi connectivity index (χ3n) is 2.11. The average molecular weight is 286 g/mol. The molecular weight excluding hydrogens is 274 g/mol. The Labute approximate surface area is 113 Å². The summed E-state index contributed by atoms with van der Waals surface area (Å²) in [4.78, 5) is 11.7. The van der Waals surface area contributed by atoms with Crippen LogP contribution < -0.4 is 5.32 Å². The van der Waals surface area contributed by atoms with Crippen molar-refractivity contribution in [2.45, 2.75) is 12.8 Å². The molecular formula is C11H12NO3STi-. The number of carbonyl (C=O) groups is 1. The van der Waals surface area contributed by atoms with Crippen molar-refractivity contribution in [3.63, 3.8) is 0 Å². The van der Waals surface area contributed by atoms with Crippen LogP contribution in [0, 0.1) is 5.37 Å². The van der Waals surface area contributed by atoms with Crippen LogP contribution in [0.3, 0.4) is 0 Å². The Kier molecular flexibility index (Phi) is 7.16. The zero-order valence-electron chi connectivity index (χ0n) is 9.14. The van der Waals surface area contributed by atoms with Gasteiger partial charge in [0.25, 0.3) is 0 Å². The molecule has 1 aromatic carbocycles. The fourth-order valence-electron chi connectivity index (χ4n) is 1.39. The minimum atomic E-state index is -2.00. The van der Waals surface area contributed by atoms with E-state index in [0.29, 0.717) is 0 Å². The van der Waals surface area contributed by atoms with Gasteiger partial charge in [0.05, 0.1) is 0 Å². The van der Waals surface area contributed by atoms with Gasteiger partial charge in [-0.1, -0.05) is 24.6 Å². The van der Waals surface area contributed by atoms with Crippen molar-refractivity contribution in [3.05, 3.63) is 41.3 Å². The topological polar surface area (TPSA) is 63.2 Å². The summed E-state index contributed by atoms with van der Waals surface area (Å²) in [5, 5.41) is 4.05. The van der Waals surface area contributed by atoms with Crippen molar-refractivity contribution >= 4 is 17.7 Å². The SMILES string of the molecule is O=C(N[C-]1CCCS1)c1ccccc1.[O]=[Ti]=[O]. The Hall–Kier alpha value is -0.646. The average Bonchev–Trinajstić information content (AvgIpc) is 2.84. The van der Waals surface area contributed by atoms with Gasteiger partial charge in [-0.15, -0.1) is 0 Å². The van der Waals surface area contributed by atoms with Crippen LogP contribution in [0.2, 0.25) is 0 Å². The number of rotatable bonds is 2. The van der Waals surface area contributed by atoms with E-state index in [0.717, 1.165) is 23.1 Å². The van der Waals surface area contributed by atoms with Crippen molar-refractivity contribution in [1.29, 1.82) is 0 Å². The van der Waals surface area contributed by atoms with Gasteiger partial charge in [0, 0.05) is 5.56 Å². The first-order valence-corrected chi connectivity index (χ1v) is 7.38. The molecule has 1 fully saturated rings. The number of nitrogens with one attached hydrogen (secondary N) is 1. The molecule has 6 heteroatoms. The van der Waals surface area contributed by atoms with E-state index < -0.39 is 19.1 Å². The molecule has 1 amide bonds. The van der Waals surface area contributed by atoms with Crippen molar-refractivity contribution in [2.75, 3.05) is 5.75 Å². The van der Waals surface area contributed by atoms with Gasteiger partial charge in [-0.25, -0.2) is 0 Å². The molecule has 0 aliphatic carbocycles. The van der Waals surface area contributed by atoms with Crippen LogP contribution in [0.15, 0.2) is 30.3 Å². The number of amides is 1. The third-order valence-corrected chi connectivity index (χ3v) is 3.26. The predicted molar refractivity (Wildman–Crippen MR) is 60.2 cm³/mol. The molecule has 0 unspecified atom stereocenters. The maximum atomic E-state index is 11.7. The fourth-order valence-corrected chi connectivity index (χ4v) is 2.38. The summed E-state index contributed by atoms with van der Waals surface area (Å²) in [5.74, 6) is 1.14. The molecule has 4 nitrogen and oxygen atoms in total. The Balaban J connectivity index is 0.000000437. The van der Waals surface area contributed by atoms with E-state index in [2.05, 4.69) is 5.32 Å². The molecule has 1 aromatic rings. The molecule has 17 heavy (non-hydrogen) atoms. The van der Waals surface area contributed by atoms with Gasteiger partial charge in [-0.3, -0.25) is 4.79 Å². The standard InChI is InChI=1S/C11H12NOS.2O.Ti/c13-11(9-5-2-1-3-6-9)12-10-7-4-8-14-10;;;/h1-3,5-6H,4,7-8H2,(H,12,13);;;/q-1;;;. The van der Waals surface area contributed by atoms with Gasteiger partial charge >= 0.3 is 25.7 Å². The molecule has 1 N–H and O–H groups in total. The van der Waals surface area contributed by atoms with E-state index in [4.69, 9.17) is 6.65 Å². The van der Waals surface area contributed by atoms with Crippen molar-refractivity contribution in [1.82, 2.24) is 5.32 Å². The Morgan fingerprint density at radius 3 is 2.47 bits per heavy atom. The summed E-state index contributed by atoms with van der Waals surface area (Å²) >= 11 is -0.250. The molecule has 0 aromatic heterocycles. The van der Waals surface area contributed by atoms with Crippen LogP contribution in [0.5, 0.6) is 0 Å². The second-order valence-corrected chi connectivity index (χ2v) is 4.73. The van der Waals surface area contributed by atoms with Crippen molar-refractivity contribution in [2.24, 2.45) is 0 Å². The molecule has 0 bridgehead atoms. The first-order valence-electron chi connectivity index (χ1n) is 5.12. The summed E-state index contributed by atoms with van der Waals surface area (Å²) in [5.41, 5.74) is 0.729. The number of thioether (sulfide) groups is 1. The second-order valence-electron chi connectivity index (χ2n) is 3.28. The van der Waals surface area contributed by atoms with Crippen LogP contribution in [-0.4, -0.2) is 11.7 Å². The number of hydrogen-bond acceptors (Lipinski definition) is 4. The zero-order valence-corrected chi connectivity index (χ0v) is 11.5. The van der Waals surface area contributed by atoms with Gasteiger partial charge in [0.15, 0.2) is 0 Å². The van der Waals surface area contributed by atoms with Crippen LogP contribution in [-0.2, 0) is 25.7 Å². The number of carbonyl (C=O) groups excluding carboxylic acids is 1. The summed E-state index contributed by atoms with van der Waals surface area (Å²) in [6.07, 6.45) is 2.19. The maximum absolute atomic E-state index is 11.7. The zero-order chi connectivity index (χ0) is 12.5. The number of hydrogen-bond donors (Lipinski definition) is 1. The fraction of sp³-hybridized carbons (Fsp3) is 0.273. The van der Waals surface area contributed by atoms with Gasteiger partial charge in [0.1, 0.15) is 0 Å². The Morgan fingerprint density at radius 1 is 1.29 bits per heavy atom. The molecule has 0 atom stereocenters. The van der Waals surface area contributed by atoms with E-state index >= 15 is 0 Å². The molecule has 0 saturated carbocycles. The molecule has 2 rings (SSSR count). The first kappa shape index (κ1) is 14.4. The van der Waals surface area contributed by atoms with Crippen LogP contribution in [0.4, 0.5) is 0 Å². The molecule has 1 heterocycles. The second kappa shape index (κ2) is 8.45. The first-order chi connectivity index (χ1) is 8.27. The summed E-state index contributed by atoms with van der Waals surface area (Å²) < 4.78 is 17.0. The quantitative estimate of drug-likeness (QED) is 0.668. The van der Waals surface area contributed by atoms with Gasteiger partial charge in [-0.2, -0.15) is 11.8 Å². The summed E-state index contributed by atoms with van der Waals surface area (Å²) in [6.45, 7) is 0. The summed E-state index contributed by atoms with van der Waals surface area (Å²) in [6, 6.07) is 9.32. The molecule has 90 valence electrons. The monoisotopic (exact) mass is 286 g/mol. The van der Waals surface area contributed by atoms with Gasteiger partial charge in [-0.05, 0) is 17.9 Å². The van der Waals surface area contributed by atoms with E-state index in [9.17, 15) is 4.79 Å². The van der Waals surface area contributed by atoms with Crippen LogP contribution in [0.25, 0.3) is 0 Å². The normalized spacial score (nSPS) is 14.4. The summed E-state index contributed by atoms with van der Waals surface area (Å²) in [7, 11) is 0. The van der Waals surface area contributed by atoms with Gasteiger partial charge < -0.3 is 17.1 Å².